The molecule has 1 heterocycles. The van der Waals surface area contributed by atoms with Crippen LogP contribution >= 0.6 is 0 Å². The molecule has 0 radical (unpaired) electrons. The fourth-order valence-corrected chi connectivity index (χ4v) is 1.79. The van der Waals surface area contributed by atoms with Crippen molar-refractivity contribution in [3.8, 4) is 0 Å². The predicted molar refractivity (Wildman–Crippen MR) is 56.1 cm³/mol. The van der Waals surface area contributed by atoms with Crippen LogP contribution < -0.4 is 0 Å². The Hall–Kier alpha value is -1.50. The van der Waals surface area contributed by atoms with Crippen LogP contribution in [0.15, 0.2) is 0 Å². The largest absolute Gasteiger partial charge is 0.458 e. The predicted octanol–water partition coefficient (Wildman–Crippen LogP) is 0.379. The van der Waals surface area contributed by atoms with E-state index in [2.05, 4.69) is 4.74 Å². The first-order valence-corrected chi connectivity index (χ1v) is 5.46. The Morgan fingerprint density at radius 1 is 1.22 bits per heavy atom. The number of hydrogen-bond acceptors (Lipinski definition) is 6. The molecule has 5 atom stereocenters. The molecule has 2 unspecified atom stereocenters. The summed E-state index contributed by atoms with van der Waals surface area (Å²) in [5.74, 6) is -2.37. The van der Waals surface area contributed by atoms with Crippen LogP contribution in [0.4, 0.5) is 4.39 Å². The molecule has 0 spiro atoms. The molecule has 0 aromatic rings. The Labute approximate surface area is 103 Å². The second kappa shape index (κ2) is 5.90. The first-order chi connectivity index (χ1) is 8.36. The Bertz CT molecular complexity index is 344. The number of alkyl halides is 1. The molecule has 1 rings (SSSR count). The summed E-state index contributed by atoms with van der Waals surface area (Å²) < 4.78 is 28.5. The maximum absolute atomic E-state index is 14.0. The van der Waals surface area contributed by atoms with E-state index in [0.717, 1.165) is 13.8 Å². The summed E-state index contributed by atoms with van der Waals surface area (Å²) in [5, 5.41) is 0. The number of carbonyl (C=O) groups is 3. The van der Waals surface area contributed by atoms with Crippen molar-refractivity contribution in [2.45, 2.75) is 45.4 Å². The zero-order chi connectivity index (χ0) is 13.9. The van der Waals surface area contributed by atoms with Gasteiger partial charge in [-0.2, -0.15) is 0 Å². The minimum Gasteiger partial charge on any atom is -0.458 e. The van der Waals surface area contributed by atoms with Crippen LogP contribution in [0.25, 0.3) is 0 Å². The quantitative estimate of drug-likeness (QED) is 0.540. The smallest absolute Gasteiger partial charge is 0.305 e. The van der Waals surface area contributed by atoms with Crippen LogP contribution in [0.1, 0.15) is 20.8 Å². The number of halogens is 1. The van der Waals surface area contributed by atoms with Gasteiger partial charge in [-0.15, -0.1) is 0 Å². The number of carbonyl (C=O) groups excluding carboxylic acids is 3. The maximum Gasteiger partial charge on any atom is 0.305 e. The van der Waals surface area contributed by atoms with E-state index in [-0.39, 0.29) is 0 Å². The van der Waals surface area contributed by atoms with Crippen molar-refractivity contribution in [2.75, 3.05) is 0 Å². The lowest BCUT2D eigenvalue weighted by atomic mass is 9.91. The lowest BCUT2D eigenvalue weighted by molar-refractivity contribution is -0.255. The Morgan fingerprint density at radius 2 is 1.78 bits per heavy atom. The number of rotatable bonds is 3. The van der Waals surface area contributed by atoms with E-state index in [4.69, 9.17) is 9.47 Å². The van der Waals surface area contributed by atoms with Gasteiger partial charge >= 0.3 is 11.9 Å². The molecule has 1 saturated heterocycles. The van der Waals surface area contributed by atoms with Crippen molar-refractivity contribution in [3.63, 3.8) is 0 Å². The number of aldehydes is 1. The average molecular weight is 262 g/mol. The SMILES string of the molecule is CC(=O)OC1O[C@@H](C)[C@@H](C=O)[C@@H](OC(C)=O)C1F. The fourth-order valence-electron chi connectivity index (χ4n) is 1.79. The van der Waals surface area contributed by atoms with Gasteiger partial charge in [0.2, 0.25) is 6.29 Å². The minimum absolute atomic E-state index is 0.467. The highest BCUT2D eigenvalue weighted by molar-refractivity contribution is 5.67. The zero-order valence-corrected chi connectivity index (χ0v) is 10.3. The summed E-state index contributed by atoms with van der Waals surface area (Å²) in [7, 11) is 0. The van der Waals surface area contributed by atoms with Gasteiger partial charge in [0, 0.05) is 13.8 Å². The second-order valence-electron chi connectivity index (χ2n) is 4.05. The number of hydrogen-bond donors (Lipinski definition) is 0. The summed E-state index contributed by atoms with van der Waals surface area (Å²) in [6.45, 7) is 3.72. The second-order valence-corrected chi connectivity index (χ2v) is 4.05. The van der Waals surface area contributed by atoms with Gasteiger partial charge < -0.3 is 19.0 Å². The Kier molecular flexibility index (Phi) is 4.77. The summed E-state index contributed by atoms with van der Waals surface area (Å²) in [4.78, 5) is 32.6. The standard InChI is InChI=1S/C11H15FO6/c1-5-8(4-13)10(17-6(2)14)9(12)11(16-5)18-7(3)15/h4-5,8-11H,1-3H3/t5-,8+,9?,10+,11?/m0/s1. The number of esters is 2. The molecule has 18 heavy (non-hydrogen) atoms. The monoisotopic (exact) mass is 262 g/mol. The molecule has 102 valence electrons. The molecule has 0 amide bonds. The van der Waals surface area contributed by atoms with Gasteiger partial charge in [0.05, 0.1) is 12.0 Å². The van der Waals surface area contributed by atoms with Gasteiger partial charge in [-0.05, 0) is 6.92 Å². The summed E-state index contributed by atoms with van der Waals surface area (Å²) >= 11 is 0. The van der Waals surface area contributed by atoms with Crippen LogP contribution in [0, 0.1) is 5.92 Å². The van der Waals surface area contributed by atoms with E-state index < -0.39 is 42.5 Å². The van der Waals surface area contributed by atoms with E-state index in [1.807, 2.05) is 0 Å². The topological polar surface area (TPSA) is 78.9 Å². The van der Waals surface area contributed by atoms with Crippen molar-refractivity contribution in [2.24, 2.45) is 5.92 Å². The van der Waals surface area contributed by atoms with Crippen LogP contribution in [0.3, 0.4) is 0 Å². The third-order valence-corrected chi connectivity index (χ3v) is 2.59. The number of ether oxygens (including phenoxy) is 3. The van der Waals surface area contributed by atoms with Crippen molar-refractivity contribution >= 4 is 18.2 Å². The lowest BCUT2D eigenvalue weighted by Gasteiger charge is -2.39. The molecule has 1 aliphatic heterocycles. The molecule has 1 aliphatic rings. The Balaban J connectivity index is 2.88. The van der Waals surface area contributed by atoms with Gasteiger partial charge in [0.25, 0.3) is 0 Å². The highest BCUT2D eigenvalue weighted by Gasteiger charge is 2.48. The van der Waals surface area contributed by atoms with Crippen LogP contribution in [-0.2, 0) is 28.6 Å². The average Bonchev–Trinajstić information content (AvgIpc) is 2.24. The fraction of sp³-hybridized carbons (Fsp3) is 0.727. The summed E-state index contributed by atoms with van der Waals surface area (Å²) in [6, 6.07) is 0. The van der Waals surface area contributed by atoms with Gasteiger partial charge in [-0.25, -0.2) is 4.39 Å². The van der Waals surface area contributed by atoms with Crippen LogP contribution in [-0.4, -0.2) is 42.9 Å². The molecule has 1 fully saturated rings. The van der Waals surface area contributed by atoms with E-state index in [1.54, 1.807) is 0 Å². The molecule has 0 saturated carbocycles. The molecular weight excluding hydrogens is 247 g/mol. The van der Waals surface area contributed by atoms with Crippen molar-refractivity contribution < 1.29 is 33.0 Å². The summed E-state index contributed by atoms with van der Waals surface area (Å²) in [5.41, 5.74) is 0. The first kappa shape index (κ1) is 14.6. The van der Waals surface area contributed by atoms with Crippen LogP contribution in [0.2, 0.25) is 0 Å². The summed E-state index contributed by atoms with van der Waals surface area (Å²) in [6.07, 6.45) is -4.94. The Morgan fingerprint density at radius 3 is 2.22 bits per heavy atom. The van der Waals surface area contributed by atoms with E-state index >= 15 is 0 Å². The molecule has 6 nitrogen and oxygen atoms in total. The van der Waals surface area contributed by atoms with Crippen LogP contribution in [0.5, 0.6) is 0 Å². The van der Waals surface area contributed by atoms with E-state index in [9.17, 15) is 18.8 Å². The highest BCUT2D eigenvalue weighted by Crippen LogP contribution is 2.30. The minimum atomic E-state index is -1.90. The first-order valence-electron chi connectivity index (χ1n) is 5.46. The van der Waals surface area contributed by atoms with Gasteiger partial charge in [-0.3, -0.25) is 9.59 Å². The molecular formula is C11H15FO6. The third-order valence-electron chi connectivity index (χ3n) is 2.59. The van der Waals surface area contributed by atoms with Crippen molar-refractivity contribution in [3.05, 3.63) is 0 Å². The molecule has 0 N–H and O–H groups in total. The van der Waals surface area contributed by atoms with Crippen molar-refractivity contribution in [1.29, 1.82) is 0 Å². The van der Waals surface area contributed by atoms with Gasteiger partial charge in [-0.1, -0.05) is 0 Å². The highest BCUT2D eigenvalue weighted by atomic mass is 19.1. The molecule has 0 aliphatic carbocycles. The van der Waals surface area contributed by atoms with Gasteiger partial charge in [0.15, 0.2) is 12.3 Å². The third kappa shape index (κ3) is 3.25. The maximum atomic E-state index is 14.0. The molecule has 7 heteroatoms. The van der Waals surface area contributed by atoms with E-state index in [1.165, 1.54) is 6.92 Å². The molecule has 0 aromatic carbocycles. The van der Waals surface area contributed by atoms with E-state index in [0.29, 0.717) is 6.29 Å². The zero-order valence-electron chi connectivity index (χ0n) is 10.3. The lowest BCUT2D eigenvalue weighted by Crippen LogP contribution is -2.55. The normalized spacial score (nSPS) is 35.7. The van der Waals surface area contributed by atoms with Crippen molar-refractivity contribution in [1.82, 2.24) is 0 Å². The van der Waals surface area contributed by atoms with Gasteiger partial charge in [0.1, 0.15) is 6.29 Å². The molecule has 0 aromatic heterocycles. The molecule has 0 bridgehead atoms.